The van der Waals surface area contributed by atoms with Gasteiger partial charge in [0.05, 0.1) is 29.0 Å². The van der Waals surface area contributed by atoms with Gasteiger partial charge in [0.1, 0.15) is 5.92 Å². The zero-order chi connectivity index (χ0) is 32.4. The number of ether oxygens (including phenoxy) is 1. The third-order valence-electron chi connectivity index (χ3n) is 7.82. The SMILES string of the molecule is CC1=NC(=O)N(CCCN(C)C(=O)c2ccc(N3C(=O)c4ccccc4C3=O)cc2)C(c2cccc(Cl)c2)C1C(=O)OC(C)C. The molecule has 0 N–H and O–H groups in total. The Labute approximate surface area is 266 Å². The molecule has 0 radical (unpaired) electrons. The molecule has 2 aliphatic rings. The van der Waals surface area contributed by atoms with Gasteiger partial charge in [-0.25, -0.2) is 14.7 Å². The Kier molecular flexibility index (Phi) is 9.15. The van der Waals surface area contributed by atoms with E-state index in [1.807, 2.05) is 6.07 Å². The van der Waals surface area contributed by atoms with Crippen molar-refractivity contribution in [3.05, 3.63) is 100 Å². The lowest BCUT2D eigenvalue weighted by Gasteiger charge is -2.39. The summed E-state index contributed by atoms with van der Waals surface area (Å²) in [7, 11) is 1.65. The molecule has 2 aliphatic heterocycles. The molecule has 2 atom stereocenters. The Morgan fingerprint density at radius 2 is 1.60 bits per heavy atom. The van der Waals surface area contributed by atoms with Crippen molar-refractivity contribution in [2.45, 2.75) is 39.3 Å². The average molecular weight is 629 g/mol. The van der Waals surface area contributed by atoms with Gasteiger partial charge in [0.2, 0.25) is 0 Å². The zero-order valence-electron chi connectivity index (χ0n) is 25.4. The molecule has 0 spiro atoms. The average Bonchev–Trinajstić information content (AvgIpc) is 3.26. The molecule has 3 aromatic carbocycles. The van der Waals surface area contributed by atoms with Crippen molar-refractivity contribution in [2.24, 2.45) is 10.9 Å². The fourth-order valence-electron chi connectivity index (χ4n) is 5.69. The maximum Gasteiger partial charge on any atom is 0.344 e. The first-order valence-corrected chi connectivity index (χ1v) is 15.0. The van der Waals surface area contributed by atoms with Crippen molar-refractivity contribution < 1.29 is 28.7 Å². The summed E-state index contributed by atoms with van der Waals surface area (Å²) in [6, 6.07) is 18.8. The Morgan fingerprint density at radius 3 is 2.20 bits per heavy atom. The highest BCUT2D eigenvalue weighted by molar-refractivity contribution is 6.34. The third-order valence-corrected chi connectivity index (χ3v) is 8.06. The molecule has 0 aromatic heterocycles. The van der Waals surface area contributed by atoms with Crippen LogP contribution in [0.25, 0.3) is 0 Å². The topological polar surface area (TPSA) is 117 Å². The monoisotopic (exact) mass is 628 g/mol. The van der Waals surface area contributed by atoms with E-state index in [-0.39, 0.29) is 18.6 Å². The summed E-state index contributed by atoms with van der Waals surface area (Å²) in [4.78, 5) is 73.6. The first-order chi connectivity index (χ1) is 21.5. The number of rotatable bonds is 9. The van der Waals surface area contributed by atoms with E-state index in [1.165, 1.54) is 9.80 Å². The second-order valence-corrected chi connectivity index (χ2v) is 11.7. The van der Waals surface area contributed by atoms with E-state index in [4.69, 9.17) is 16.3 Å². The van der Waals surface area contributed by atoms with Crippen molar-refractivity contribution in [2.75, 3.05) is 25.0 Å². The van der Waals surface area contributed by atoms with E-state index in [0.717, 1.165) is 4.90 Å². The van der Waals surface area contributed by atoms with Gasteiger partial charge in [-0.15, -0.1) is 0 Å². The van der Waals surface area contributed by atoms with Gasteiger partial charge in [-0.2, -0.15) is 0 Å². The molecule has 0 saturated heterocycles. The molecule has 11 heteroatoms. The first-order valence-electron chi connectivity index (χ1n) is 14.6. The Morgan fingerprint density at radius 1 is 0.956 bits per heavy atom. The summed E-state index contributed by atoms with van der Waals surface area (Å²) in [5.41, 5.74) is 2.48. The lowest BCUT2D eigenvalue weighted by atomic mass is 9.86. The molecule has 232 valence electrons. The van der Waals surface area contributed by atoms with E-state index in [2.05, 4.69) is 4.99 Å². The number of halogens is 1. The van der Waals surface area contributed by atoms with Gasteiger partial charge >= 0.3 is 12.0 Å². The van der Waals surface area contributed by atoms with E-state index >= 15 is 0 Å². The maximum atomic E-state index is 13.2. The van der Waals surface area contributed by atoms with Crippen LogP contribution in [0.5, 0.6) is 0 Å². The molecule has 2 heterocycles. The van der Waals surface area contributed by atoms with E-state index in [9.17, 15) is 24.0 Å². The number of fused-ring (bicyclic) bond motifs is 1. The molecule has 3 aromatic rings. The van der Waals surface area contributed by atoms with Gasteiger partial charge in [0, 0.05) is 36.4 Å². The van der Waals surface area contributed by atoms with Crippen LogP contribution in [0, 0.1) is 5.92 Å². The second-order valence-electron chi connectivity index (χ2n) is 11.3. The van der Waals surface area contributed by atoms with Crippen LogP contribution in [0.3, 0.4) is 0 Å². The molecule has 5 amide bonds. The zero-order valence-corrected chi connectivity index (χ0v) is 26.2. The third kappa shape index (κ3) is 6.37. The molecule has 2 unspecified atom stereocenters. The number of amides is 5. The van der Waals surface area contributed by atoms with E-state index in [1.54, 1.807) is 94.5 Å². The highest BCUT2D eigenvalue weighted by Crippen LogP contribution is 2.36. The minimum Gasteiger partial charge on any atom is -0.462 e. The Hall–Kier alpha value is -4.83. The molecule has 0 aliphatic carbocycles. The van der Waals surface area contributed by atoms with Crippen LogP contribution in [0.2, 0.25) is 5.02 Å². The van der Waals surface area contributed by atoms with Crippen LogP contribution in [-0.2, 0) is 9.53 Å². The first kappa shape index (κ1) is 31.6. The normalized spacial score (nSPS) is 17.8. The Balaban J connectivity index is 1.27. The number of urea groups is 1. The lowest BCUT2D eigenvalue weighted by Crippen LogP contribution is -2.48. The smallest absolute Gasteiger partial charge is 0.344 e. The molecule has 10 nitrogen and oxygen atoms in total. The van der Waals surface area contributed by atoms with Crippen LogP contribution in [0.4, 0.5) is 10.5 Å². The lowest BCUT2D eigenvalue weighted by molar-refractivity contribution is -0.151. The van der Waals surface area contributed by atoms with Crippen LogP contribution in [0.15, 0.2) is 77.8 Å². The molecule has 5 rings (SSSR count). The predicted octanol–water partition coefficient (Wildman–Crippen LogP) is 5.81. The number of carbonyl (C=O) groups is 5. The van der Waals surface area contributed by atoms with Gasteiger partial charge in [0.15, 0.2) is 0 Å². The van der Waals surface area contributed by atoms with Gasteiger partial charge in [-0.05, 0) is 81.3 Å². The predicted molar refractivity (Wildman–Crippen MR) is 170 cm³/mol. The molecule has 0 bridgehead atoms. The van der Waals surface area contributed by atoms with Crippen LogP contribution >= 0.6 is 11.6 Å². The second kappa shape index (κ2) is 13.0. The number of esters is 1. The van der Waals surface area contributed by atoms with Gasteiger partial charge in [-0.3, -0.25) is 19.2 Å². The number of imide groups is 1. The minimum atomic E-state index is -0.816. The highest BCUT2D eigenvalue weighted by atomic mass is 35.5. The number of benzene rings is 3. The summed E-state index contributed by atoms with van der Waals surface area (Å²) in [6.45, 7) is 5.68. The van der Waals surface area contributed by atoms with E-state index in [0.29, 0.717) is 51.6 Å². The van der Waals surface area contributed by atoms with Crippen molar-refractivity contribution in [1.29, 1.82) is 0 Å². The highest BCUT2D eigenvalue weighted by Gasteiger charge is 2.43. The number of hydrogen-bond donors (Lipinski definition) is 0. The Bertz CT molecular complexity index is 1670. The van der Waals surface area contributed by atoms with Gasteiger partial charge in [-0.1, -0.05) is 35.9 Å². The van der Waals surface area contributed by atoms with Crippen molar-refractivity contribution in [1.82, 2.24) is 9.80 Å². The summed E-state index contributed by atoms with van der Waals surface area (Å²) < 4.78 is 5.53. The van der Waals surface area contributed by atoms with Crippen LogP contribution < -0.4 is 4.90 Å². The summed E-state index contributed by atoms with van der Waals surface area (Å²) in [6.07, 6.45) is 0.0522. The van der Waals surface area contributed by atoms with Crippen LogP contribution in [-0.4, -0.2) is 71.5 Å². The molecule has 45 heavy (non-hydrogen) atoms. The van der Waals surface area contributed by atoms with Crippen molar-refractivity contribution in [3.63, 3.8) is 0 Å². The fourth-order valence-corrected chi connectivity index (χ4v) is 5.89. The number of carbonyl (C=O) groups excluding carboxylic acids is 5. The minimum absolute atomic E-state index is 0.217. The van der Waals surface area contributed by atoms with Crippen LogP contribution in [0.1, 0.15) is 69.9 Å². The van der Waals surface area contributed by atoms with E-state index < -0.39 is 35.8 Å². The number of aliphatic imine (C=N–C) groups is 1. The summed E-state index contributed by atoms with van der Waals surface area (Å²) >= 11 is 6.29. The quantitative estimate of drug-likeness (QED) is 0.218. The molecular formula is C34H33ClN4O6. The largest absolute Gasteiger partial charge is 0.462 e. The van der Waals surface area contributed by atoms with Crippen molar-refractivity contribution in [3.8, 4) is 0 Å². The maximum absolute atomic E-state index is 13.2. The van der Waals surface area contributed by atoms with Gasteiger partial charge < -0.3 is 14.5 Å². The summed E-state index contributed by atoms with van der Waals surface area (Å²) in [5.74, 6) is -2.38. The summed E-state index contributed by atoms with van der Waals surface area (Å²) in [5, 5.41) is 0.468. The number of hydrogen-bond acceptors (Lipinski definition) is 6. The number of anilines is 1. The fraction of sp³-hybridized carbons (Fsp3) is 0.294. The molecule has 0 saturated carbocycles. The standard InChI is InChI=1S/C34H33ClN4O6/c1-20(2)45-33(43)28-21(3)36-34(44)38(29(28)23-9-7-10-24(35)19-23)18-8-17-37(4)30(40)22-13-15-25(16-14-22)39-31(41)26-11-5-6-12-27(26)32(39)42/h5-7,9-16,19-20,28-29H,8,17-18H2,1-4H3. The molecular weight excluding hydrogens is 596 g/mol. The van der Waals surface area contributed by atoms with Gasteiger partial charge in [0.25, 0.3) is 17.7 Å². The number of nitrogens with zero attached hydrogens (tertiary/aromatic N) is 4. The molecule has 0 fully saturated rings. The van der Waals surface area contributed by atoms with Crippen molar-refractivity contribution >= 4 is 52.7 Å².